The molecule has 1 fully saturated rings. The van der Waals surface area contributed by atoms with Gasteiger partial charge in [0.1, 0.15) is 12.1 Å². The highest BCUT2D eigenvalue weighted by Crippen LogP contribution is 2.40. The van der Waals surface area contributed by atoms with Gasteiger partial charge in [0.05, 0.1) is 0 Å². The van der Waals surface area contributed by atoms with Gasteiger partial charge >= 0.3 is 12.2 Å². The van der Waals surface area contributed by atoms with Crippen LogP contribution in [-0.2, 0) is 22.6 Å². The number of alkyl halides is 3. The Hall–Kier alpha value is -3.89. The fourth-order valence-electron chi connectivity index (χ4n) is 4.73. The van der Waals surface area contributed by atoms with Crippen LogP contribution in [-0.4, -0.2) is 46.9 Å². The van der Waals surface area contributed by atoms with E-state index in [4.69, 9.17) is 0 Å². The quantitative estimate of drug-likeness (QED) is 0.657. The normalized spacial score (nSPS) is 21.9. The smallest absolute Gasteiger partial charge is 0.322 e. The van der Waals surface area contributed by atoms with Crippen LogP contribution in [0.2, 0.25) is 0 Å². The molecule has 8 nitrogen and oxygen atoms in total. The molecule has 2 atom stereocenters. The molecule has 0 radical (unpaired) electrons. The molecule has 176 valence electrons. The highest BCUT2D eigenvalue weighted by molar-refractivity contribution is 6.07. The van der Waals surface area contributed by atoms with Gasteiger partial charge in [-0.1, -0.05) is 18.2 Å². The number of imide groups is 1. The lowest BCUT2D eigenvalue weighted by Gasteiger charge is -2.29. The van der Waals surface area contributed by atoms with Crippen LogP contribution in [0.3, 0.4) is 0 Å². The number of nitrogens with zero attached hydrogens (tertiary/aromatic N) is 2. The van der Waals surface area contributed by atoms with E-state index in [2.05, 4.69) is 10.6 Å². The maximum atomic E-state index is 13.7. The third-order valence-corrected chi connectivity index (χ3v) is 6.35. The molecule has 5 amide bonds. The Kier molecular flexibility index (Phi) is 5.07. The number of urea groups is 1. The molecular weight excluding hydrogens is 453 g/mol. The summed E-state index contributed by atoms with van der Waals surface area (Å²) in [6.45, 7) is 0.0852. The number of carbonyl (C=O) groups is 4. The zero-order valence-corrected chi connectivity index (χ0v) is 17.7. The second-order valence-corrected chi connectivity index (χ2v) is 8.46. The van der Waals surface area contributed by atoms with Crippen molar-refractivity contribution in [3.63, 3.8) is 0 Å². The Morgan fingerprint density at radius 2 is 1.82 bits per heavy atom. The molecule has 5 rings (SSSR count). The first-order valence-electron chi connectivity index (χ1n) is 10.7. The molecule has 2 aromatic carbocycles. The number of anilines is 2. The van der Waals surface area contributed by atoms with E-state index in [0.29, 0.717) is 21.6 Å². The van der Waals surface area contributed by atoms with Gasteiger partial charge in [-0.15, -0.1) is 0 Å². The lowest BCUT2D eigenvalue weighted by atomic mass is 10.0. The summed E-state index contributed by atoms with van der Waals surface area (Å²) in [5, 5.41) is 4.73. The monoisotopic (exact) mass is 472 g/mol. The van der Waals surface area contributed by atoms with Gasteiger partial charge in [-0.25, -0.2) is 4.79 Å². The van der Waals surface area contributed by atoms with Crippen LogP contribution in [0.25, 0.3) is 0 Å². The molecule has 0 saturated carbocycles. The summed E-state index contributed by atoms with van der Waals surface area (Å²) >= 11 is 0. The number of amides is 5. The second kappa shape index (κ2) is 7.86. The topological polar surface area (TPSA) is 98.8 Å². The molecule has 0 aromatic heterocycles. The van der Waals surface area contributed by atoms with Gasteiger partial charge in [-0.05, 0) is 41.8 Å². The third-order valence-electron chi connectivity index (χ3n) is 6.35. The van der Waals surface area contributed by atoms with Crippen molar-refractivity contribution < 1.29 is 32.3 Å². The molecule has 1 saturated heterocycles. The van der Waals surface area contributed by atoms with E-state index in [1.807, 2.05) is 0 Å². The van der Waals surface area contributed by atoms with E-state index < -0.39 is 36.1 Å². The summed E-state index contributed by atoms with van der Waals surface area (Å²) in [5.74, 6) is -1.32. The molecule has 2 N–H and O–H groups in total. The van der Waals surface area contributed by atoms with Gasteiger partial charge < -0.3 is 10.2 Å². The fourth-order valence-corrected chi connectivity index (χ4v) is 4.73. The van der Waals surface area contributed by atoms with Gasteiger partial charge in [-0.3, -0.25) is 24.6 Å². The molecule has 0 unspecified atom stereocenters. The zero-order chi connectivity index (χ0) is 24.2. The Morgan fingerprint density at radius 1 is 1.06 bits per heavy atom. The number of para-hydroxylation sites is 1. The van der Waals surface area contributed by atoms with Gasteiger partial charge in [0, 0.05) is 36.3 Å². The molecule has 0 aliphatic carbocycles. The van der Waals surface area contributed by atoms with Crippen molar-refractivity contribution in [2.24, 2.45) is 0 Å². The second-order valence-electron chi connectivity index (χ2n) is 8.46. The van der Waals surface area contributed by atoms with E-state index in [-0.39, 0.29) is 43.1 Å². The minimum Gasteiger partial charge on any atom is -0.322 e. The Balaban J connectivity index is 1.36. The van der Waals surface area contributed by atoms with Gasteiger partial charge in [0.2, 0.25) is 11.8 Å². The van der Waals surface area contributed by atoms with Crippen LogP contribution in [0.1, 0.15) is 34.3 Å². The number of nitrogens with one attached hydrogen (secondary N) is 2. The van der Waals surface area contributed by atoms with Crippen LogP contribution in [0.15, 0.2) is 42.5 Å². The minimum atomic E-state index is -4.61. The number of piperidine rings is 1. The number of hydrogen-bond donors (Lipinski definition) is 2. The minimum absolute atomic E-state index is 0.0852. The maximum Gasteiger partial charge on any atom is 0.409 e. The summed E-state index contributed by atoms with van der Waals surface area (Å²) in [6.07, 6.45) is -4.60. The van der Waals surface area contributed by atoms with E-state index >= 15 is 0 Å². The predicted molar refractivity (Wildman–Crippen MR) is 114 cm³/mol. The van der Waals surface area contributed by atoms with Crippen molar-refractivity contribution in [1.29, 1.82) is 0 Å². The van der Waals surface area contributed by atoms with Crippen molar-refractivity contribution in [3.8, 4) is 0 Å². The van der Waals surface area contributed by atoms with Gasteiger partial charge in [0.15, 0.2) is 0 Å². The van der Waals surface area contributed by atoms with Gasteiger partial charge in [0.25, 0.3) is 5.91 Å². The molecule has 3 heterocycles. The number of hydrogen-bond acceptors (Lipinski definition) is 4. The molecule has 11 heteroatoms. The summed E-state index contributed by atoms with van der Waals surface area (Å²) < 4.78 is 41.0. The zero-order valence-electron chi connectivity index (χ0n) is 17.7. The Bertz CT molecular complexity index is 1230. The average Bonchev–Trinajstić information content (AvgIpc) is 3.32. The maximum absolute atomic E-state index is 13.7. The number of benzene rings is 2. The highest BCUT2D eigenvalue weighted by atomic mass is 19.4. The van der Waals surface area contributed by atoms with Crippen LogP contribution in [0, 0.1) is 0 Å². The lowest BCUT2D eigenvalue weighted by molar-refractivity contribution is -0.145. The van der Waals surface area contributed by atoms with Crippen molar-refractivity contribution in [3.05, 3.63) is 59.2 Å². The highest BCUT2D eigenvalue weighted by Gasteiger charge is 2.50. The van der Waals surface area contributed by atoms with Gasteiger partial charge in [-0.2, -0.15) is 13.2 Å². The fraction of sp³-hybridized carbons (Fsp3) is 0.304. The molecule has 3 aliphatic heterocycles. The summed E-state index contributed by atoms with van der Waals surface area (Å²) in [4.78, 5) is 51.4. The molecule has 2 aromatic rings. The Morgan fingerprint density at radius 3 is 2.56 bits per heavy atom. The van der Waals surface area contributed by atoms with E-state index in [1.54, 1.807) is 18.2 Å². The lowest BCUT2D eigenvalue weighted by Crippen LogP contribution is -2.52. The van der Waals surface area contributed by atoms with Crippen LogP contribution in [0.4, 0.5) is 29.3 Å². The molecule has 3 aliphatic rings. The van der Waals surface area contributed by atoms with Crippen LogP contribution < -0.4 is 15.5 Å². The first-order valence-corrected chi connectivity index (χ1v) is 10.7. The third kappa shape index (κ3) is 3.66. The SMILES string of the molecule is O=C1CC[C@H](N2Cc3cc(NC(=O)N4c5ccccc5C[C@H]4C(F)(F)F)ccc3C2=O)C(=O)N1. The van der Waals surface area contributed by atoms with Crippen molar-refractivity contribution in [1.82, 2.24) is 10.2 Å². The van der Waals surface area contributed by atoms with E-state index in [0.717, 1.165) is 0 Å². The first kappa shape index (κ1) is 21.9. The first-order chi connectivity index (χ1) is 16.1. The van der Waals surface area contributed by atoms with Crippen molar-refractivity contribution in [2.75, 3.05) is 10.2 Å². The summed E-state index contributed by atoms with van der Waals surface area (Å²) in [7, 11) is 0. The molecule has 0 spiro atoms. The number of carbonyl (C=O) groups excluding carboxylic acids is 4. The van der Waals surface area contributed by atoms with E-state index in [1.165, 1.54) is 29.2 Å². The largest absolute Gasteiger partial charge is 0.409 e. The van der Waals surface area contributed by atoms with E-state index in [9.17, 15) is 32.3 Å². The Labute approximate surface area is 191 Å². The number of rotatable bonds is 2. The van der Waals surface area contributed by atoms with Crippen LogP contribution >= 0.6 is 0 Å². The molecule has 0 bridgehead atoms. The predicted octanol–water partition coefficient (Wildman–Crippen LogP) is 2.97. The number of halogens is 3. The average molecular weight is 472 g/mol. The number of fused-ring (bicyclic) bond motifs is 2. The molecule has 34 heavy (non-hydrogen) atoms. The van der Waals surface area contributed by atoms with Crippen LogP contribution in [0.5, 0.6) is 0 Å². The summed E-state index contributed by atoms with van der Waals surface area (Å²) in [5.41, 5.74) is 1.72. The van der Waals surface area contributed by atoms with Crippen molar-refractivity contribution >= 4 is 35.1 Å². The summed E-state index contributed by atoms with van der Waals surface area (Å²) in [6, 6.07) is 6.95. The van der Waals surface area contributed by atoms with Crippen molar-refractivity contribution in [2.45, 2.75) is 44.1 Å². The molecular formula is C23H19F3N4O4. The standard InChI is InChI=1S/C23H19F3N4O4/c24-23(25,26)18-10-12-3-1-2-4-16(12)30(18)22(34)27-14-5-6-15-13(9-14)11-29(21(15)33)17-7-8-19(31)28-20(17)32/h1-6,9,17-18H,7-8,10-11H2,(H,27,34)(H,28,31,32)/t17-,18-/m0/s1.